The van der Waals surface area contributed by atoms with E-state index in [0.717, 1.165) is 52.1 Å². The summed E-state index contributed by atoms with van der Waals surface area (Å²) in [4.78, 5) is 2.28. The number of aliphatic hydroxyl groups is 1. The van der Waals surface area contributed by atoms with Gasteiger partial charge in [-0.05, 0) is 26.9 Å². The standard InChI is InChI=1S/C15H30N2O3/c1-16-10-14(4-3-7-20-13-14)11-17(2)12-15(18)5-8-19-9-6-15/h16,18H,3-13H2,1-2H3. The number of hydrogen-bond acceptors (Lipinski definition) is 5. The van der Waals surface area contributed by atoms with Crippen LogP contribution in [0.1, 0.15) is 25.7 Å². The average Bonchev–Trinajstić information content (AvgIpc) is 2.39. The lowest BCUT2D eigenvalue weighted by molar-refractivity contribution is -0.0871. The van der Waals surface area contributed by atoms with E-state index in [1.54, 1.807) is 0 Å². The second kappa shape index (κ2) is 7.18. The number of ether oxygens (including phenoxy) is 2. The number of likely N-dealkylation sites (N-methyl/N-ethyl adjacent to an activating group) is 1. The Kier molecular flexibility index (Phi) is 5.81. The van der Waals surface area contributed by atoms with Gasteiger partial charge in [-0.25, -0.2) is 0 Å². The predicted molar refractivity (Wildman–Crippen MR) is 78.9 cm³/mol. The molecule has 1 atom stereocenters. The molecule has 0 saturated carbocycles. The summed E-state index contributed by atoms with van der Waals surface area (Å²) < 4.78 is 11.1. The summed E-state index contributed by atoms with van der Waals surface area (Å²) in [6, 6.07) is 0. The molecule has 2 saturated heterocycles. The fraction of sp³-hybridized carbons (Fsp3) is 1.00. The van der Waals surface area contributed by atoms with Gasteiger partial charge in [-0.3, -0.25) is 0 Å². The van der Waals surface area contributed by atoms with E-state index in [4.69, 9.17) is 9.47 Å². The normalized spacial score (nSPS) is 30.6. The molecule has 0 spiro atoms. The minimum Gasteiger partial charge on any atom is -0.388 e. The molecular weight excluding hydrogens is 256 g/mol. The zero-order valence-corrected chi connectivity index (χ0v) is 13.0. The molecule has 20 heavy (non-hydrogen) atoms. The van der Waals surface area contributed by atoms with Gasteiger partial charge in [0.15, 0.2) is 0 Å². The van der Waals surface area contributed by atoms with Crippen LogP contribution in [0.4, 0.5) is 0 Å². The van der Waals surface area contributed by atoms with Crippen molar-refractivity contribution in [2.24, 2.45) is 5.41 Å². The van der Waals surface area contributed by atoms with Crippen molar-refractivity contribution >= 4 is 0 Å². The Bertz CT molecular complexity index is 281. The van der Waals surface area contributed by atoms with Crippen LogP contribution in [-0.2, 0) is 9.47 Å². The van der Waals surface area contributed by atoms with Crippen molar-refractivity contribution < 1.29 is 14.6 Å². The molecule has 2 heterocycles. The van der Waals surface area contributed by atoms with E-state index in [0.29, 0.717) is 13.2 Å². The molecule has 5 heteroatoms. The van der Waals surface area contributed by atoms with E-state index in [1.807, 2.05) is 7.05 Å². The molecule has 0 radical (unpaired) electrons. The van der Waals surface area contributed by atoms with E-state index < -0.39 is 5.60 Å². The van der Waals surface area contributed by atoms with Crippen LogP contribution in [0.25, 0.3) is 0 Å². The Morgan fingerprint density at radius 1 is 1.10 bits per heavy atom. The lowest BCUT2D eigenvalue weighted by Crippen LogP contribution is -2.52. The van der Waals surface area contributed by atoms with Crippen LogP contribution < -0.4 is 5.32 Å². The highest BCUT2D eigenvalue weighted by atomic mass is 16.5. The first-order valence-electron chi connectivity index (χ1n) is 7.79. The summed E-state index contributed by atoms with van der Waals surface area (Å²) in [5.41, 5.74) is -0.396. The molecule has 0 aromatic heterocycles. The van der Waals surface area contributed by atoms with Crippen molar-refractivity contribution in [3.63, 3.8) is 0 Å². The van der Waals surface area contributed by atoms with E-state index >= 15 is 0 Å². The van der Waals surface area contributed by atoms with Gasteiger partial charge in [-0.2, -0.15) is 0 Å². The molecule has 118 valence electrons. The van der Waals surface area contributed by atoms with Gasteiger partial charge in [-0.15, -0.1) is 0 Å². The topological polar surface area (TPSA) is 54.0 Å². The molecule has 2 aliphatic heterocycles. The van der Waals surface area contributed by atoms with E-state index in [-0.39, 0.29) is 5.41 Å². The minimum atomic E-state index is -0.580. The zero-order valence-electron chi connectivity index (χ0n) is 13.0. The molecule has 2 fully saturated rings. The largest absolute Gasteiger partial charge is 0.388 e. The maximum Gasteiger partial charge on any atom is 0.0817 e. The maximum atomic E-state index is 10.6. The fourth-order valence-electron chi connectivity index (χ4n) is 3.65. The quantitative estimate of drug-likeness (QED) is 0.744. The monoisotopic (exact) mass is 286 g/mol. The summed E-state index contributed by atoms with van der Waals surface area (Å²) in [5, 5.41) is 13.9. The number of nitrogens with one attached hydrogen (secondary N) is 1. The van der Waals surface area contributed by atoms with Gasteiger partial charge in [-0.1, -0.05) is 0 Å². The maximum absolute atomic E-state index is 10.6. The number of rotatable bonds is 6. The average molecular weight is 286 g/mol. The van der Waals surface area contributed by atoms with Gasteiger partial charge >= 0.3 is 0 Å². The smallest absolute Gasteiger partial charge is 0.0817 e. The van der Waals surface area contributed by atoms with Crippen molar-refractivity contribution in [1.29, 1.82) is 0 Å². The Labute approximate surface area is 122 Å². The summed E-state index contributed by atoms with van der Waals surface area (Å²) >= 11 is 0. The first-order chi connectivity index (χ1) is 9.58. The minimum absolute atomic E-state index is 0.184. The van der Waals surface area contributed by atoms with Gasteiger partial charge in [0.1, 0.15) is 0 Å². The summed E-state index contributed by atoms with van der Waals surface area (Å²) in [6.45, 7) is 5.72. The third-order valence-electron chi connectivity index (χ3n) is 4.55. The number of hydrogen-bond donors (Lipinski definition) is 2. The second-order valence-corrected chi connectivity index (χ2v) is 6.70. The highest BCUT2D eigenvalue weighted by Gasteiger charge is 2.36. The van der Waals surface area contributed by atoms with Gasteiger partial charge in [0.2, 0.25) is 0 Å². The lowest BCUT2D eigenvalue weighted by atomic mass is 9.81. The third-order valence-corrected chi connectivity index (χ3v) is 4.55. The zero-order chi connectivity index (χ0) is 14.5. The van der Waals surface area contributed by atoms with Gasteiger partial charge < -0.3 is 24.8 Å². The van der Waals surface area contributed by atoms with E-state index in [9.17, 15) is 5.11 Å². The molecule has 2 rings (SSSR count). The van der Waals surface area contributed by atoms with Crippen molar-refractivity contribution in [1.82, 2.24) is 10.2 Å². The van der Waals surface area contributed by atoms with Gasteiger partial charge in [0.25, 0.3) is 0 Å². The summed E-state index contributed by atoms with van der Waals surface area (Å²) in [6.07, 6.45) is 3.81. The van der Waals surface area contributed by atoms with Crippen LogP contribution in [0.2, 0.25) is 0 Å². The molecule has 1 unspecified atom stereocenters. The first-order valence-corrected chi connectivity index (χ1v) is 7.79. The van der Waals surface area contributed by atoms with Gasteiger partial charge in [0, 0.05) is 57.7 Å². The van der Waals surface area contributed by atoms with Crippen LogP contribution in [0.15, 0.2) is 0 Å². The van der Waals surface area contributed by atoms with Crippen molar-refractivity contribution in [2.45, 2.75) is 31.3 Å². The summed E-state index contributed by atoms with van der Waals surface area (Å²) in [7, 11) is 4.11. The molecule has 0 amide bonds. The lowest BCUT2D eigenvalue weighted by Gasteiger charge is -2.42. The Hall–Kier alpha value is -0.200. The highest BCUT2D eigenvalue weighted by Crippen LogP contribution is 2.30. The van der Waals surface area contributed by atoms with Crippen LogP contribution in [-0.4, -0.2) is 75.8 Å². The second-order valence-electron chi connectivity index (χ2n) is 6.70. The van der Waals surface area contributed by atoms with Crippen LogP contribution in [0, 0.1) is 5.41 Å². The molecular formula is C15H30N2O3. The van der Waals surface area contributed by atoms with Crippen LogP contribution in [0.5, 0.6) is 0 Å². The molecule has 0 bridgehead atoms. The van der Waals surface area contributed by atoms with Gasteiger partial charge in [0.05, 0.1) is 12.2 Å². The highest BCUT2D eigenvalue weighted by molar-refractivity contribution is 4.90. The SMILES string of the molecule is CNCC1(CN(C)CC2(O)CCOCC2)CCCOC1. The van der Waals surface area contributed by atoms with Crippen molar-refractivity contribution in [3.05, 3.63) is 0 Å². The Morgan fingerprint density at radius 2 is 1.85 bits per heavy atom. The van der Waals surface area contributed by atoms with E-state index in [1.165, 1.54) is 6.42 Å². The molecule has 0 aromatic rings. The predicted octanol–water partition coefficient (Wildman–Crippen LogP) is 0.476. The van der Waals surface area contributed by atoms with E-state index in [2.05, 4.69) is 17.3 Å². The Morgan fingerprint density at radius 3 is 2.45 bits per heavy atom. The summed E-state index contributed by atoms with van der Waals surface area (Å²) in [5.74, 6) is 0. The molecule has 5 nitrogen and oxygen atoms in total. The molecule has 2 N–H and O–H groups in total. The molecule has 2 aliphatic rings. The van der Waals surface area contributed by atoms with Crippen molar-refractivity contribution in [2.75, 3.05) is 60.2 Å². The molecule has 0 aliphatic carbocycles. The van der Waals surface area contributed by atoms with Crippen molar-refractivity contribution in [3.8, 4) is 0 Å². The first kappa shape index (κ1) is 16.2. The van der Waals surface area contributed by atoms with Crippen LogP contribution >= 0.6 is 0 Å². The fourth-order valence-corrected chi connectivity index (χ4v) is 3.65. The Balaban J connectivity index is 1.88. The van der Waals surface area contributed by atoms with Crippen LogP contribution in [0.3, 0.4) is 0 Å². The molecule has 0 aromatic carbocycles. The third kappa shape index (κ3) is 4.40. The number of nitrogens with zero attached hydrogens (tertiary/aromatic N) is 1.